The van der Waals surface area contributed by atoms with Gasteiger partial charge in [-0.1, -0.05) is 15.9 Å². The van der Waals surface area contributed by atoms with Crippen molar-refractivity contribution in [3.8, 4) is 0 Å². The minimum Gasteiger partial charge on any atom is -0.316 e. The molecule has 0 heterocycles. The molecule has 0 spiro atoms. The van der Waals surface area contributed by atoms with Gasteiger partial charge in [-0.25, -0.2) is 4.39 Å². The summed E-state index contributed by atoms with van der Waals surface area (Å²) < 4.78 is 14.8. The summed E-state index contributed by atoms with van der Waals surface area (Å²) in [5.74, 6) is 2.62. The molecule has 0 aliphatic heterocycles. The summed E-state index contributed by atoms with van der Waals surface area (Å²) in [5.41, 5.74) is 0.823. The molecule has 1 N–H and O–H groups in total. The predicted octanol–water partition coefficient (Wildman–Crippen LogP) is 3.76. The highest BCUT2D eigenvalue weighted by Crippen LogP contribution is 2.55. The van der Waals surface area contributed by atoms with Gasteiger partial charge in [0.1, 0.15) is 5.82 Å². The van der Waals surface area contributed by atoms with E-state index in [0.29, 0.717) is 6.04 Å². The van der Waals surface area contributed by atoms with Crippen molar-refractivity contribution in [3.63, 3.8) is 0 Å². The molecule has 0 radical (unpaired) electrons. The van der Waals surface area contributed by atoms with Crippen LogP contribution in [0.1, 0.15) is 24.8 Å². The van der Waals surface area contributed by atoms with Crippen molar-refractivity contribution >= 4 is 15.9 Å². The Morgan fingerprint density at radius 1 is 1.33 bits per heavy atom. The highest BCUT2D eigenvalue weighted by molar-refractivity contribution is 9.10. The van der Waals surface area contributed by atoms with Gasteiger partial charge in [0.05, 0.1) is 0 Å². The van der Waals surface area contributed by atoms with E-state index < -0.39 is 0 Å². The molecule has 0 amide bonds. The van der Waals surface area contributed by atoms with E-state index in [1.165, 1.54) is 19.3 Å². The number of nitrogens with one attached hydrogen (secondary N) is 1. The van der Waals surface area contributed by atoms with Gasteiger partial charge >= 0.3 is 0 Å². The van der Waals surface area contributed by atoms with Crippen molar-refractivity contribution in [2.45, 2.75) is 31.7 Å². The zero-order valence-corrected chi connectivity index (χ0v) is 12.2. The van der Waals surface area contributed by atoms with Crippen LogP contribution in [0.3, 0.4) is 0 Å². The minimum absolute atomic E-state index is 0.0818. The molecule has 2 fully saturated rings. The highest BCUT2D eigenvalue weighted by Gasteiger charge is 2.47. The molecule has 0 saturated heterocycles. The van der Waals surface area contributed by atoms with Gasteiger partial charge in [-0.15, -0.1) is 0 Å². The SMILES string of the molecule is CNC(Cc1cc(Br)ccc1F)C1CC2CC2C1. The van der Waals surface area contributed by atoms with Crippen molar-refractivity contribution < 1.29 is 4.39 Å². The molecule has 98 valence electrons. The van der Waals surface area contributed by atoms with Crippen LogP contribution in [0, 0.1) is 23.6 Å². The molecular formula is C15H19BrFN. The molecule has 1 nitrogen and oxygen atoms in total. The fourth-order valence-corrected chi connectivity index (χ4v) is 3.94. The standard InChI is InChI=1S/C15H19BrFN/c1-18-15(12-5-9-4-10(9)6-12)8-11-7-13(16)2-3-14(11)17/h2-3,7,9-10,12,15,18H,4-6,8H2,1H3. The van der Waals surface area contributed by atoms with Crippen molar-refractivity contribution in [1.82, 2.24) is 5.32 Å². The number of hydrogen-bond acceptors (Lipinski definition) is 1. The molecule has 3 atom stereocenters. The Hall–Kier alpha value is -0.410. The number of hydrogen-bond donors (Lipinski definition) is 1. The lowest BCUT2D eigenvalue weighted by atomic mass is 9.89. The van der Waals surface area contributed by atoms with Crippen LogP contribution >= 0.6 is 15.9 Å². The fourth-order valence-electron chi connectivity index (χ4n) is 3.53. The number of likely N-dealkylation sites (N-methyl/N-ethyl adjacent to an activating group) is 1. The third kappa shape index (κ3) is 2.48. The van der Waals surface area contributed by atoms with Crippen LogP contribution in [0.2, 0.25) is 0 Å². The third-order valence-electron chi connectivity index (χ3n) is 4.67. The predicted molar refractivity (Wildman–Crippen MR) is 75.0 cm³/mol. The number of benzene rings is 1. The van der Waals surface area contributed by atoms with Crippen molar-refractivity contribution in [1.29, 1.82) is 0 Å². The van der Waals surface area contributed by atoms with Crippen LogP contribution in [-0.2, 0) is 6.42 Å². The van der Waals surface area contributed by atoms with Crippen LogP contribution in [0.15, 0.2) is 22.7 Å². The molecule has 3 unspecified atom stereocenters. The normalized spacial score (nSPS) is 31.2. The monoisotopic (exact) mass is 311 g/mol. The van der Waals surface area contributed by atoms with Gasteiger partial charge < -0.3 is 5.32 Å². The summed E-state index contributed by atoms with van der Waals surface area (Å²) in [4.78, 5) is 0. The molecule has 2 aliphatic rings. The van der Waals surface area contributed by atoms with E-state index in [0.717, 1.165) is 34.2 Å². The van der Waals surface area contributed by atoms with Crippen LogP contribution in [0.4, 0.5) is 4.39 Å². The first-order valence-corrected chi connectivity index (χ1v) is 7.58. The molecular weight excluding hydrogens is 293 g/mol. The number of fused-ring (bicyclic) bond motifs is 1. The van der Waals surface area contributed by atoms with Crippen molar-refractivity contribution in [3.05, 3.63) is 34.1 Å². The average molecular weight is 312 g/mol. The fraction of sp³-hybridized carbons (Fsp3) is 0.600. The van der Waals surface area contributed by atoms with E-state index in [9.17, 15) is 4.39 Å². The van der Waals surface area contributed by atoms with E-state index >= 15 is 0 Å². The maximum atomic E-state index is 13.8. The van der Waals surface area contributed by atoms with Gasteiger partial charge in [-0.3, -0.25) is 0 Å². The van der Waals surface area contributed by atoms with E-state index in [4.69, 9.17) is 0 Å². The topological polar surface area (TPSA) is 12.0 Å². The Bertz CT molecular complexity index is 438. The number of halogens is 2. The lowest BCUT2D eigenvalue weighted by molar-refractivity contribution is 0.346. The second kappa shape index (κ2) is 4.93. The maximum absolute atomic E-state index is 13.8. The first-order valence-electron chi connectivity index (χ1n) is 6.78. The largest absolute Gasteiger partial charge is 0.316 e. The quantitative estimate of drug-likeness (QED) is 0.892. The average Bonchev–Trinajstić information content (AvgIpc) is 2.97. The molecule has 3 rings (SSSR count). The van der Waals surface area contributed by atoms with Crippen LogP contribution in [-0.4, -0.2) is 13.1 Å². The van der Waals surface area contributed by atoms with E-state index in [1.807, 2.05) is 13.1 Å². The zero-order valence-electron chi connectivity index (χ0n) is 10.6. The van der Waals surface area contributed by atoms with Crippen LogP contribution < -0.4 is 5.32 Å². The molecule has 2 saturated carbocycles. The second-order valence-corrected chi connectivity index (χ2v) is 6.74. The molecule has 2 aliphatic carbocycles. The van der Waals surface area contributed by atoms with Crippen LogP contribution in [0.5, 0.6) is 0 Å². The smallest absolute Gasteiger partial charge is 0.126 e. The van der Waals surface area contributed by atoms with Gasteiger partial charge in [0.15, 0.2) is 0 Å². The van der Waals surface area contributed by atoms with E-state index in [1.54, 1.807) is 12.1 Å². The minimum atomic E-state index is -0.0818. The number of rotatable bonds is 4. The summed E-state index contributed by atoms with van der Waals surface area (Å²) in [7, 11) is 2.00. The van der Waals surface area contributed by atoms with E-state index in [-0.39, 0.29) is 5.82 Å². The summed E-state index contributed by atoms with van der Waals surface area (Å²) in [6.07, 6.45) is 4.92. The Balaban J connectivity index is 1.70. The maximum Gasteiger partial charge on any atom is 0.126 e. The molecule has 1 aromatic carbocycles. The summed E-state index contributed by atoms with van der Waals surface area (Å²) in [5, 5.41) is 3.40. The summed E-state index contributed by atoms with van der Waals surface area (Å²) in [6, 6.07) is 5.65. The van der Waals surface area contributed by atoms with E-state index in [2.05, 4.69) is 21.2 Å². The Morgan fingerprint density at radius 2 is 2.06 bits per heavy atom. The first kappa shape index (κ1) is 12.6. The highest BCUT2D eigenvalue weighted by atomic mass is 79.9. The molecule has 3 heteroatoms. The lowest BCUT2D eigenvalue weighted by Crippen LogP contribution is -2.35. The van der Waals surface area contributed by atoms with Gasteiger partial charge in [0, 0.05) is 10.5 Å². The molecule has 18 heavy (non-hydrogen) atoms. The van der Waals surface area contributed by atoms with Gasteiger partial charge in [-0.2, -0.15) is 0 Å². The Morgan fingerprint density at radius 3 is 2.72 bits per heavy atom. The van der Waals surface area contributed by atoms with Gasteiger partial charge in [0.25, 0.3) is 0 Å². The Kier molecular flexibility index (Phi) is 3.46. The summed E-state index contributed by atoms with van der Waals surface area (Å²) >= 11 is 3.42. The van der Waals surface area contributed by atoms with Crippen molar-refractivity contribution in [2.75, 3.05) is 7.05 Å². The zero-order chi connectivity index (χ0) is 12.7. The van der Waals surface area contributed by atoms with Gasteiger partial charge in [0.2, 0.25) is 0 Å². The third-order valence-corrected chi connectivity index (χ3v) is 5.16. The molecule has 1 aromatic rings. The lowest BCUT2D eigenvalue weighted by Gasteiger charge is -2.24. The van der Waals surface area contributed by atoms with Crippen LogP contribution in [0.25, 0.3) is 0 Å². The second-order valence-electron chi connectivity index (χ2n) is 5.82. The van der Waals surface area contributed by atoms with Gasteiger partial charge in [-0.05, 0) is 74.2 Å². The van der Waals surface area contributed by atoms with Crippen molar-refractivity contribution in [2.24, 2.45) is 17.8 Å². The Labute approximate surface area is 116 Å². The molecule has 0 aromatic heterocycles. The molecule has 0 bridgehead atoms. The summed E-state index contributed by atoms with van der Waals surface area (Å²) in [6.45, 7) is 0. The first-order chi connectivity index (χ1) is 8.67.